The zero-order valence-electron chi connectivity index (χ0n) is 12.1. The number of carbonyl (C=O) groups is 1. The Hall–Kier alpha value is -2.69. The van der Waals surface area contributed by atoms with Crippen LogP contribution in [-0.4, -0.2) is 17.8 Å². The van der Waals surface area contributed by atoms with E-state index in [1.807, 2.05) is 6.07 Å². The molecule has 0 N–H and O–H groups in total. The molecule has 3 rings (SSSR count). The van der Waals surface area contributed by atoms with E-state index in [1.165, 1.54) is 12.1 Å². The van der Waals surface area contributed by atoms with E-state index in [0.717, 1.165) is 28.9 Å². The van der Waals surface area contributed by atoms with Crippen LogP contribution in [0.25, 0.3) is 0 Å². The minimum Gasteiger partial charge on any atom is -0.497 e. The minimum atomic E-state index is -0.436. The van der Waals surface area contributed by atoms with Crippen LogP contribution in [0.4, 0.5) is 5.69 Å². The Labute approximate surface area is 127 Å². The fraction of sp³-hybridized carbons (Fsp3) is 0.235. The van der Waals surface area contributed by atoms with Crippen molar-refractivity contribution in [1.82, 2.24) is 0 Å². The Morgan fingerprint density at radius 3 is 2.55 bits per heavy atom. The van der Waals surface area contributed by atoms with Gasteiger partial charge < -0.3 is 4.74 Å². The largest absolute Gasteiger partial charge is 0.497 e. The van der Waals surface area contributed by atoms with Crippen LogP contribution < -0.4 is 4.74 Å². The summed E-state index contributed by atoms with van der Waals surface area (Å²) in [4.78, 5) is 22.9. The first-order chi connectivity index (χ1) is 10.6. The summed E-state index contributed by atoms with van der Waals surface area (Å²) in [6.07, 6.45) is 1.50. The second kappa shape index (κ2) is 5.60. The van der Waals surface area contributed by atoms with Crippen molar-refractivity contribution in [3.63, 3.8) is 0 Å². The Morgan fingerprint density at radius 2 is 1.91 bits per heavy atom. The lowest BCUT2D eigenvalue weighted by Crippen LogP contribution is -2.21. The Balaban J connectivity index is 1.90. The number of benzene rings is 2. The van der Waals surface area contributed by atoms with Crippen LogP contribution in [-0.2, 0) is 6.42 Å². The van der Waals surface area contributed by atoms with Gasteiger partial charge in [-0.1, -0.05) is 12.1 Å². The van der Waals surface area contributed by atoms with Gasteiger partial charge >= 0.3 is 0 Å². The molecule has 5 nitrogen and oxygen atoms in total. The van der Waals surface area contributed by atoms with Gasteiger partial charge in [0.15, 0.2) is 5.78 Å². The molecule has 0 amide bonds. The molecular formula is C17H15NO4. The van der Waals surface area contributed by atoms with E-state index in [9.17, 15) is 14.9 Å². The molecule has 0 saturated heterocycles. The first kappa shape index (κ1) is 14.3. The second-order valence-corrected chi connectivity index (χ2v) is 5.33. The number of Topliss-reactive ketones (excluding diaryl/α,β-unsaturated/α-hetero) is 1. The van der Waals surface area contributed by atoms with Crippen molar-refractivity contribution >= 4 is 11.5 Å². The van der Waals surface area contributed by atoms with E-state index in [-0.39, 0.29) is 17.4 Å². The number of aryl methyl sites for hydroxylation is 1. The van der Waals surface area contributed by atoms with Crippen LogP contribution in [0, 0.1) is 10.1 Å². The van der Waals surface area contributed by atoms with Crippen LogP contribution in [0.15, 0.2) is 42.5 Å². The predicted octanol–water partition coefficient (Wildman–Crippen LogP) is 3.52. The van der Waals surface area contributed by atoms with Crippen LogP contribution in [0.2, 0.25) is 0 Å². The summed E-state index contributed by atoms with van der Waals surface area (Å²) in [5.41, 5.74) is 2.59. The number of nitrogens with zero attached hydrogens (tertiary/aromatic N) is 1. The fourth-order valence-corrected chi connectivity index (χ4v) is 2.91. The molecule has 22 heavy (non-hydrogen) atoms. The average Bonchev–Trinajstić information content (AvgIpc) is 2.55. The van der Waals surface area contributed by atoms with Crippen molar-refractivity contribution in [2.45, 2.75) is 18.8 Å². The first-order valence-electron chi connectivity index (χ1n) is 7.05. The highest BCUT2D eigenvalue weighted by Crippen LogP contribution is 2.34. The molecule has 1 aliphatic rings. The topological polar surface area (TPSA) is 69.4 Å². The molecule has 0 saturated carbocycles. The third-order valence-electron chi connectivity index (χ3n) is 4.10. The molecular weight excluding hydrogens is 282 g/mol. The fourth-order valence-electron chi connectivity index (χ4n) is 2.91. The van der Waals surface area contributed by atoms with Gasteiger partial charge in [-0.05, 0) is 42.2 Å². The zero-order valence-corrected chi connectivity index (χ0v) is 12.1. The van der Waals surface area contributed by atoms with E-state index < -0.39 is 4.92 Å². The third-order valence-corrected chi connectivity index (χ3v) is 4.10. The van der Waals surface area contributed by atoms with Gasteiger partial charge in [-0.25, -0.2) is 0 Å². The van der Waals surface area contributed by atoms with Crippen molar-refractivity contribution in [1.29, 1.82) is 0 Å². The minimum absolute atomic E-state index is 0.0390. The van der Waals surface area contributed by atoms with Crippen LogP contribution in [0.5, 0.6) is 5.75 Å². The molecule has 2 aromatic carbocycles. The number of ether oxygens (including phenoxy) is 1. The van der Waals surface area contributed by atoms with E-state index in [1.54, 1.807) is 31.4 Å². The summed E-state index contributed by atoms with van der Waals surface area (Å²) in [6, 6.07) is 11.7. The van der Waals surface area contributed by atoms with Crippen LogP contribution in [0.3, 0.4) is 0 Å². The first-order valence-corrected chi connectivity index (χ1v) is 7.05. The second-order valence-electron chi connectivity index (χ2n) is 5.33. The lowest BCUT2D eigenvalue weighted by molar-refractivity contribution is -0.384. The summed E-state index contributed by atoms with van der Waals surface area (Å²) >= 11 is 0. The SMILES string of the molecule is COc1ccc2c(c1)CCC(c1ccc([N+](=O)[O-])cc1)C2=O. The highest BCUT2D eigenvalue weighted by Gasteiger charge is 2.29. The molecule has 0 spiro atoms. The maximum absolute atomic E-state index is 12.7. The summed E-state index contributed by atoms with van der Waals surface area (Å²) in [5, 5.41) is 10.7. The number of rotatable bonds is 3. The number of hydrogen-bond acceptors (Lipinski definition) is 4. The lowest BCUT2D eigenvalue weighted by atomic mass is 9.79. The molecule has 0 heterocycles. The molecule has 5 heteroatoms. The van der Waals surface area contributed by atoms with Gasteiger partial charge in [-0.2, -0.15) is 0 Å². The van der Waals surface area contributed by atoms with Gasteiger partial charge in [0, 0.05) is 23.6 Å². The van der Waals surface area contributed by atoms with E-state index in [0.29, 0.717) is 6.42 Å². The lowest BCUT2D eigenvalue weighted by Gasteiger charge is -2.24. The normalized spacial score (nSPS) is 17.0. The standard InChI is InChI=1S/C17H15NO4/c1-22-14-7-9-16-12(10-14)4-8-15(17(16)19)11-2-5-13(6-3-11)18(20)21/h2-3,5-7,9-10,15H,4,8H2,1H3. The summed E-state index contributed by atoms with van der Waals surface area (Å²) in [7, 11) is 1.60. The molecule has 1 atom stereocenters. The number of ketones is 1. The number of nitro benzene ring substituents is 1. The Bertz CT molecular complexity index is 737. The average molecular weight is 297 g/mol. The van der Waals surface area contributed by atoms with Gasteiger partial charge in [-0.3, -0.25) is 14.9 Å². The Kier molecular flexibility index (Phi) is 3.63. The van der Waals surface area contributed by atoms with Gasteiger partial charge in [0.2, 0.25) is 0 Å². The van der Waals surface area contributed by atoms with Gasteiger partial charge in [0.1, 0.15) is 5.75 Å². The smallest absolute Gasteiger partial charge is 0.269 e. The summed E-state index contributed by atoms with van der Waals surface area (Å²) in [6.45, 7) is 0. The predicted molar refractivity (Wildman–Crippen MR) is 81.5 cm³/mol. The van der Waals surface area contributed by atoms with E-state index >= 15 is 0 Å². The molecule has 0 radical (unpaired) electrons. The van der Waals surface area contributed by atoms with E-state index in [2.05, 4.69) is 0 Å². The van der Waals surface area contributed by atoms with Crippen molar-refractivity contribution in [2.24, 2.45) is 0 Å². The molecule has 0 aliphatic heterocycles. The van der Waals surface area contributed by atoms with Gasteiger partial charge in [0.25, 0.3) is 5.69 Å². The Morgan fingerprint density at radius 1 is 1.18 bits per heavy atom. The van der Waals surface area contributed by atoms with Crippen LogP contribution >= 0.6 is 0 Å². The number of carbonyl (C=O) groups excluding carboxylic acids is 1. The number of nitro groups is 1. The third kappa shape index (κ3) is 2.45. The van der Waals surface area contributed by atoms with Gasteiger partial charge in [-0.15, -0.1) is 0 Å². The molecule has 0 aromatic heterocycles. The summed E-state index contributed by atoms with van der Waals surface area (Å²) < 4.78 is 5.19. The van der Waals surface area contributed by atoms with Crippen molar-refractivity contribution < 1.29 is 14.5 Å². The van der Waals surface area contributed by atoms with E-state index in [4.69, 9.17) is 4.74 Å². The number of fused-ring (bicyclic) bond motifs is 1. The monoisotopic (exact) mass is 297 g/mol. The molecule has 1 aliphatic carbocycles. The molecule has 1 unspecified atom stereocenters. The number of methoxy groups -OCH3 is 1. The molecule has 0 fully saturated rings. The highest BCUT2D eigenvalue weighted by molar-refractivity contribution is 6.03. The molecule has 2 aromatic rings. The maximum atomic E-state index is 12.7. The van der Waals surface area contributed by atoms with Crippen molar-refractivity contribution in [3.05, 3.63) is 69.3 Å². The summed E-state index contributed by atoms with van der Waals surface area (Å²) in [5.74, 6) is 0.583. The van der Waals surface area contributed by atoms with Crippen LogP contribution in [0.1, 0.15) is 33.8 Å². The zero-order chi connectivity index (χ0) is 15.7. The van der Waals surface area contributed by atoms with Crippen molar-refractivity contribution in [3.8, 4) is 5.75 Å². The highest BCUT2D eigenvalue weighted by atomic mass is 16.6. The maximum Gasteiger partial charge on any atom is 0.269 e. The number of non-ortho nitro benzene ring substituents is 1. The molecule has 112 valence electrons. The van der Waals surface area contributed by atoms with Crippen molar-refractivity contribution in [2.75, 3.05) is 7.11 Å². The molecule has 0 bridgehead atoms. The quantitative estimate of drug-likeness (QED) is 0.642. The number of hydrogen-bond donors (Lipinski definition) is 0. The van der Waals surface area contributed by atoms with Gasteiger partial charge in [0.05, 0.1) is 12.0 Å².